The number of anilines is 1. The van der Waals surface area contributed by atoms with Crippen LogP contribution in [0.3, 0.4) is 0 Å². The van der Waals surface area contributed by atoms with Gasteiger partial charge in [0.1, 0.15) is 0 Å². The monoisotopic (exact) mass is 259 g/mol. The Morgan fingerprint density at radius 2 is 2.16 bits per heavy atom. The Morgan fingerprint density at radius 3 is 2.74 bits per heavy atom. The molecule has 0 spiro atoms. The lowest BCUT2D eigenvalue weighted by Crippen LogP contribution is -2.24. The second-order valence-electron chi connectivity index (χ2n) is 5.96. The molecule has 19 heavy (non-hydrogen) atoms. The highest BCUT2D eigenvalue weighted by atomic mass is 15.1. The van der Waals surface area contributed by atoms with Crippen molar-refractivity contribution in [3.8, 4) is 0 Å². The van der Waals surface area contributed by atoms with Gasteiger partial charge < -0.3 is 11.1 Å². The fourth-order valence-corrected chi connectivity index (χ4v) is 2.22. The number of nitrogens with two attached hydrogens (primary N) is 1. The first-order chi connectivity index (χ1) is 9.04. The van der Waals surface area contributed by atoms with Crippen LogP contribution < -0.4 is 11.1 Å². The van der Waals surface area contributed by atoms with Gasteiger partial charge in [0.2, 0.25) is 0 Å². The summed E-state index contributed by atoms with van der Waals surface area (Å²) in [4.78, 5) is 4.48. The molecule has 0 atom stereocenters. The molecular weight excluding hydrogens is 234 g/mol. The average molecular weight is 259 g/mol. The lowest BCUT2D eigenvalue weighted by atomic mass is 10.0. The molecule has 0 bridgehead atoms. The Bertz CT molecular complexity index is 459. The Balaban J connectivity index is 1.96. The Labute approximate surface area is 116 Å². The zero-order chi connectivity index (χ0) is 13.9. The number of nitrogens with zero attached hydrogens (tertiary/aromatic N) is 1. The van der Waals surface area contributed by atoms with Gasteiger partial charge >= 0.3 is 0 Å². The molecule has 1 fully saturated rings. The van der Waals surface area contributed by atoms with Crippen molar-refractivity contribution in [2.75, 3.05) is 11.9 Å². The third-order valence-electron chi connectivity index (χ3n) is 4.12. The minimum absolute atomic E-state index is 0.450. The van der Waals surface area contributed by atoms with E-state index in [-0.39, 0.29) is 0 Å². The zero-order valence-corrected chi connectivity index (χ0v) is 12.2. The van der Waals surface area contributed by atoms with Crippen LogP contribution in [0, 0.1) is 5.41 Å². The van der Waals surface area contributed by atoms with Gasteiger partial charge in [-0.05, 0) is 48.3 Å². The van der Waals surface area contributed by atoms with Crippen molar-refractivity contribution >= 4 is 11.6 Å². The van der Waals surface area contributed by atoms with Gasteiger partial charge in [-0.3, -0.25) is 4.99 Å². The van der Waals surface area contributed by atoms with Crippen LogP contribution in [0.25, 0.3) is 0 Å². The van der Waals surface area contributed by atoms with Crippen molar-refractivity contribution in [2.24, 2.45) is 16.1 Å². The summed E-state index contributed by atoms with van der Waals surface area (Å²) in [5, 5.41) is 3.19. The summed E-state index contributed by atoms with van der Waals surface area (Å²) >= 11 is 0. The zero-order valence-electron chi connectivity index (χ0n) is 12.2. The largest absolute Gasteiger partial charge is 0.370 e. The average Bonchev–Trinajstić information content (AvgIpc) is 3.17. The number of hydrogen-bond acceptors (Lipinski definition) is 1. The van der Waals surface area contributed by atoms with Crippen LogP contribution in [0.15, 0.2) is 29.3 Å². The molecule has 104 valence electrons. The predicted octanol–water partition coefficient (Wildman–Crippen LogP) is 3.73. The predicted molar refractivity (Wildman–Crippen MR) is 82.6 cm³/mol. The molecule has 0 saturated heterocycles. The van der Waals surface area contributed by atoms with E-state index < -0.39 is 0 Å². The van der Waals surface area contributed by atoms with Crippen LogP contribution in [0.4, 0.5) is 5.69 Å². The molecular formula is C16H25N3. The molecule has 1 aromatic carbocycles. The second-order valence-corrected chi connectivity index (χ2v) is 5.96. The number of aliphatic imine (C=N–C) groups is 1. The first kappa shape index (κ1) is 13.9. The van der Waals surface area contributed by atoms with Crippen molar-refractivity contribution in [3.05, 3.63) is 29.8 Å². The van der Waals surface area contributed by atoms with E-state index in [0.717, 1.165) is 12.2 Å². The number of benzene rings is 1. The molecule has 2 rings (SSSR count). The maximum absolute atomic E-state index is 5.96. The topological polar surface area (TPSA) is 50.4 Å². The van der Waals surface area contributed by atoms with Crippen LogP contribution in [-0.2, 0) is 0 Å². The maximum Gasteiger partial charge on any atom is 0.193 e. The molecule has 0 radical (unpaired) electrons. The quantitative estimate of drug-likeness (QED) is 0.625. The number of guanidine groups is 1. The van der Waals surface area contributed by atoms with Gasteiger partial charge in [0.05, 0.1) is 0 Å². The van der Waals surface area contributed by atoms with Crippen LogP contribution in [0.1, 0.15) is 51.5 Å². The summed E-state index contributed by atoms with van der Waals surface area (Å²) in [6.07, 6.45) is 3.79. The molecule has 1 aromatic rings. The van der Waals surface area contributed by atoms with E-state index in [1.807, 2.05) is 6.07 Å². The molecule has 3 heteroatoms. The SMILES string of the molecule is CCC1(CN=C(N)Nc2cccc(C(C)C)c2)CC1. The molecule has 1 aliphatic carbocycles. The van der Waals surface area contributed by atoms with E-state index >= 15 is 0 Å². The minimum atomic E-state index is 0.450. The maximum atomic E-state index is 5.96. The molecule has 3 nitrogen and oxygen atoms in total. The normalized spacial score (nSPS) is 17.6. The lowest BCUT2D eigenvalue weighted by molar-refractivity contribution is 0.506. The first-order valence-electron chi connectivity index (χ1n) is 7.21. The third kappa shape index (κ3) is 3.72. The van der Waals surface area contributed by atoms with Crippen molar-refractivity contribution in [3.63, 3.8) is 0 Å². The van der Waals surface area contributed by atoms with Gasteiger partial charge in [0, 0.05) is 12.2 Å². The number of nitrogens with one attached hydrogen (secondary N) is 1. The van der Waals surface area contributed by atoms with Crippen molar-refractivity contribution < 1.29 is 0 Å². The summed E-state index contributed by atoms with van der Waals surface area (Å²) in [5.41, 5.74) is 8.74. The summed E-state index contributed by atoms with van der Waals surface area (Å²) in [5.74, 6) is 1.05. The molecule has 0 unspecified atom stereocenters. The molecule has 1 saturated carbocycles. The lowest BCUT2D eigenvalue weighted by Gasteiger charge is -2.12. The fourth-order valence-electron chi connectivity index (χ4n) is 2.22. The summed E-state index contributed by atoms with van der Waals surface area (Å²) in [6, 6.07) is 8.36. The molecule has 3 N–H and O–H groups in total. The Morgan fingerprint density at radius 1 is 1.42 bits per heavy atom. The summed E-state index contributed by atoms with van der Waals surface area (Å²) < 4.78 is 0. The highest BCUT2D eigenvalue weighted by Gasteiger charge is 2.40. The molecule has 0 amide bonds. The van der Waals surface area contributed by atoms with Crippen LogP contribution in [-0.4, -0.2) is 12.5 Å². The van der Waals surface area contributed by atoms with Crippen molar-refractivity contribution in [1.29, 1.82) is 0 Å². The van der Waals surface area contributed by atoms with Gasteiger partial charge in [-0.15, -0.1) is 0 Å². The third-order valence-corrected chi connectivity index (χ3v) is 4.12. The summed E-state index contributed by atoms with van der Waals surface area (Å²) in [6.45, 7) is 7.47. The fraction of sp³-hybridized carbons (Fsp3) is 0.562. The van der Waals surface area contributed by atoms with Crippen LogP contribution >= 0.6 is 0 Å². The molecule has 1 aliphatic rings. The van der Waals surface area contributed by atoms with E-state index in [2.05, 4.69) is 49.3 Å². The Hall–Kier alpha value is -1.51. The number of rotatable bonds is 5. The van der Waals surface area contributed by atoms with Crippen molar-refractivity contribution in [2.45, 2.75) is 46.0 Å². The van der Waals surface area contributed by atoms with E-state index in [1.165, 1.54) is 24.8 Å². The smallest absolute Gasteiger partial charge is 0.193 e. The summed E-state index contributed by atoms with van der Waals surface area (Å²) in [7, 11) is 0. The van der Waals surface area contributed by atoms with E-state index in [4.69, 9.17) is 5.73 Å². The Kier molecular flexibility index (Phi) is 4.13. The molecule has 0 aliphatic heterocycles. The first-order valence-corrected chi connectivity index (χ1v) is 7.21. The van der Waals surface area contributed by atoms with Crippen molar-refractivity contribution in [1.82, 2.24) is 0 Å². The van der Waals surface area contributed by atoms with E-state index in [9.17, 15) is 0 Å². The minimum Gasteiger partial charge on any atom is -0.370 e. The van der Waals surface area contributed by atoms with Gasteiger partial charge in [-0.25, -0.2) is 0 Å². The number of hydrogen-bond donors (Lipinski definition) is 2. The van der Waals surface area contributed by atoms with Crippen LogP contribution in [0.5, 0.6) is 0 Å². The highest BCUT2D eigenvalue weighted by Crippen LogP contribution is 2.48. The van der Waals surface area contributed by atoms with Gasteiger partial charge in [0.15, 0.2) is 5.96 Å². The van der Waals surface area contributed by atoms with Gasteiger partial charge in [-0.2, -0.15) is 0 Å². The van der Waals surface area contributed by atoms with Gasteiger partial charge in [0.25, 0.3) is 0 Å². The van der Waals surface area contributed by atoms with E-state index in [0.29, 0.717) is 17.3 Å². The van der Waals surface area contributed by atoms with Gasteiger partial charge in [-0.1, -0.05) is 32.9 Å². The standard InChI is InChI=1S/C16H25N3/c1-4-16(8-9-16)11-18-15(17)19-14-7-5-6-13(10-14)12(2)3/h5-7,10,12H,4,8-9,11H2,1-3H3,(H3,17,18,19). The highest BCUT2D eigenvalue weighted by molar-refractivity contribution is 5.92. The molecule has 0 aromatic heterocycles. The van der Waals surface area contributed by atoms with E-state index in [1.54, 1.807) is 0 Å². The van der Waals surface area contributed by atoms with Crippen LogP contribution in [0.2, 0.25) is 0 Å². The second kappa shape index (κ2) is 5.64. The molecule has 0 heterocycles.